The van der Waals surface area contributed by atoms with E-state index in [1.165, 1.54) is 250 Å². The quantitative estimate of drug-likeness (QED) is 0.0321. The van der Waals surface area contributed by atoms with Crippen LogP contribution in [0.1, 0.15) is 335 Å². The fourth-order valence-electron chi connectivity index (χ4n) is 9.61. The van der Waals surface area contributed by atoms with Crippen LogP contribution in [0, 0.1) is 0 Å². The highest BCUT2D eigenvalue weighted by atomic mass is 16.5. The number of nitrogens with one attached hydrogen (secondary N) is 1. The molecule has 0 aromatic rings. The van der Waals surface area contributed by atoms with Gasteiger partial charge in [-0.25, -0.2) is 0 Å². The number of aliphatic hydroxyl groups excluding tert-OH is 2. The summed E-state index contributed by atoms with van der Waals surface area (Å²) in [6, 6.07) is -0.544. The molecule has 2 unspecified atom stereocenters. The smallest absolute Gasteiger partial charge is 0.305 e. The lowest BCUT2D eigenvalue weighted by Crippen LogP contribution is -2.45. The summed E-state index contributed by atoms with van der Waals surface area (Å²) in [5.74, 6) is -0.0347. The van der Waals surface area contributed by atoms with Crippen LogP contribution in [-0.2, 0) is 14.3 Å². The predicted octanol–water partition coefficient (Wildman–Crippen LogP) is 19.6. The third-order valence-electron chi connectivity index (χ3n) is 14.4. The highest BCUT2D eigenvalue weighted by Gasteiger charge is 2.20. The molecule has 2 atom stereocenters. The molecule has 1 amide bonds. The van der Waals surface area contributed by atoms with Crippen molar-refractivity contribution >= 4 is 11.9 Å². The maximum absolute atomic E-state index is 12.5. The van der Waals surface area contributed by atoms with Crippen molar-refractivity contribution in [3.8, 4) is 0 Å². The number of allylic oxidation sites excluding steroid dienone is 6. The van der Waals surface area contributed by atoms with Gasteiger partial charge < -0.3 is 20.3 Å². The molecule has 6 heteroatoms. The van der Waals surface area contributed by atoms with Crippen molar-refractivity contribution < 1.29 is 24.5 Å². The van der Waals surface area contributed by atoms with Crippen molar-refractivity contribution in [2.24, 2.45) is 0 Å². The summed E-state index contributed by atoms with van der Waals surface area (Å²) in [4.78, 5) is 24.5. The number of carbonyl (C=O) groups excluding carboxylic acids is 2. The number of esters is 1. The molecule has 0 aliphatic heterocycles. The van der Waals surface area contributed by atoms with Gasteiger partial charge in [0.1, 0.15) is 0 Å². The number of unbranched alkanes of at least 4 members (excludes halogenated alkanes) is 41. The van der Waals surface area contributed by atoms with Crippen LogP contribution in [0.5, 0.6) is 0 Å². The van der Waals surface area contributed by atoms with E-state index in [1.54, 1.807) is 0 Å². The Labute approximate surface area is 436 Å². The Kier molecular flexibility index (Phi) is 58.0. The summed E-state index contributed by atoms with van der Waals surface area (Å²) in [7, 11) is 0. The van der Waals surface area contributed by atoms with Gasteiger partial charge in [-0.1, -0.05) is 275 Å². The van der Waals surface area contributed by atoms with Crippen LogP contribution in [-0.4, -0.2) is 47.4 Å². The summed E-state index contributed by atoms with van der Waals surface area (Å²) in [6.07, 6.45) is 74.4. The summed E-state index contributed by atoms with van der Waals surface area (Å²) >= 11 is 0. The van der Waals surface area contributed by atoms with Crippen molar-refractivity contribution in [1.29, 1.82) is 0 Å². The zero-order chi connectivity index (χ0) is 50.7. The Hall–Kier alpha value is -1.92. The largest absolute Gasteiger partial charge is 0.466 e. The van der Waals surface area contributed by atoms with Crippen LogP contribution in [0.2, 0.25) is 0 Å². The van der Waals surface area contributed by atoms with E-state index in [1.807, 2.05) is 0 Å². The van der Waals surface area contributed by atoms with Gasteiger partial charge >= 0.3 is 5.97 Å². The van der Waals surface area contributed by atoms with E-state index in [0.29, 0.717) is 25.9 Å². The monoisotopic (exact) mass is 984 g/mol. The summed E-state index contributed by atoms with van der Waals surface area (Å²) in [5.41, 5.74) is 0. The van der Waals surface area contributed by atoms with Gasteiger partial charge in [-0.15, -0.1) is 0 Å². The first-order valence-electron chi connectivity index (χ1n) is 31.2. The molecular formula is C64H121NO5. The van der Waals surface area contributed by atoms with Gasteiger partial charge in [0, 0.05) is 12.8 Å². The zero-order valence-electron chi connectivity index (χ0n) is 47.0. The summed E-state index contributed by atoms with van der Waals surface area (Å²) in [5, 5.41) is 23.2. The van der Waals surface area contributed by atoms with Gasteiger partial charge in [-0.3, -0.25) is 9.59 Å². The molecule has 412 valence electrons. The topological polar surface area (TPSA) is 95.9 Å². The number of hydrogen-bond donors (Lipinski definition) is 3. The van der Waals surface area contributed by atoms with Crippen molar-refractivity contribution in [1.82, 2.24) is 5.32 Å². The van der Waals surface area contributed by atoms with E-state index >= 15 is 0 Å². The Morgan fingerprint density at radius 1 is 0.400 bits per heavy atom. The van der Waals surface area contributed by atoms with E-state index in [2.05, 4.69) is 55.6 Å². The Bertz CT molecular complexity index is 1130. The molecular weight excluding hydrogens is 863 g/mol. The van der Waals surface area contributed by atoms with Gasteiger partial charge in [-0.2, -0.15) is 0 Å². The molecule has 70 heavy (non-hydrogen) atoms. The number of rotatable bonds is 58. The second-order valence-corrected chi connectivity index (χ2v) is 21.4. The number of ether oxygens (including phenoxy) is 1. The third kappa shape index (κ3) is 55.4. The normalized spacial score (nSPS) is 12.8. The van der Waals surface area contributed by atoms with Crippen LogP contribution < -0.4 is 5.32 Å². The second-order valence-electron chi connectivity index (χ2n) is 21.4. The van der Waals surface area contributed by atoms with Crippen molar-refractivity contribution in [3.05, 3.63) is 36.5 Å². The molecule has 0 rings (SSSR count). The van der Waals surface area contributed by atoms with E-state index < -0.39 is 12.1 Å². The second kappa shape index (κ2) is 59.6. The minimum absolute atomic E-state index is 0.00477. The van der Waals surface area contributed by atoms with E-state index in [-0.39, 0.29) is 18.5 Å². The molecule has 0 radical (unpaired) electrons. The number of carbonyl (C=O) groups is 2. The standard InChI is InChI=1S/C64H121NO5/c1-3-5-7-9-11-13-15-17-18-27-31-34-38-42-46-50-54-58-64(69)70-59-55-51-47-43-39-35-32-29-26-24-22-20-19-21-23-25-28-30-33-37-41-45-49-53-57-63(68)65-61(60-66)62(67)56-52-48-44-40-36-16-14-12-10-8-6-4-2/h11,13,17-18,21,23,61-62,66-67H,3-10,12,14-16,19-20,22,24-60H2,1-2H3,(H,65,68)/b13-11-,18-17-,23-21-. The summed E-state index contributed by atoms with van der Waals surface area (Å²) < 4.78 is 5.49. The zero-order valence-corrected chi connectivity index (χ0v) is 47.0. The van der Waals surface area contributed by atoms with Crippen LogP contribution in [0.3, 0.4) is 0 Å². The molecule has 0 aromatic heterocycles. The predicted molar refractivity (Wildman–Crippen MR) is 306 cm³/mol. The lowest BCUT2D eigenvalue weighted by molar-refractivity contribution is -0.143. The molecule has 0 spiro atoms. The Morgan fingerprint density at radius 3 is 1.13 bits per heavy atom. The molecule has 3 N–H and O–H groups in total. The average molecular weight is 985 g/mol. The molecule has 0 heterocycles. The first-order valence-corrected chi connectivity index (χ1v) is 31.2. The van der Waals surface area contributed by atoms with Crippen molar-refractivity contribution in [2.75, 3.05) is 13.2 Å². The number of hydrogen-bond acceptors (Lipinski definition) is 5. The fourth-order valence-corrected chi connectivity index (χ4v) is 9.61. The van der Waals surface area contributed by atoms with Crippen molar-refractivity contribution in [3.63, 3.8) is 0 Å². The number of amides is 1. The van der Waals surface area contributed by atoms with Crippen LogP contribution in [0.25, 0.3) is 0 Å². The maximum atomic E-state index is 12.5. The van der Waals surface area contributed by atoms with E-state index in [4.69, 9.17) is 4.74 Å². The molecule has 0 saturated heterocycles. The van der Waals surface area contributed by atoms with E-state index in [9.17, 15) is 19.8 Å². The van der Waals surface area contributed by atoms with Gasteiger partial charge in [-0.05, 0) is 83.5 Å². The lowest BCUT2D eigenvalue weighted by atomic mass is 10.0. The van der Waals surface area contributed by atoms with Gasteiger partial charge in [0.25, 0.3) is 0 Å². The highest BCUT2D eigenvalue weighted by molar-refractivity contribution is 5.76. The number of aliphatic hydroxyl groups is 2. The molecule has 6 nitrogen and oxygen atoms in total. The maximum Gasteiger partial charge on any atom is 0.305 e. The average Bonchev–Trinajstić information content (AvgIpc) is 3.36. The molecule has 0 aromatic carbocycles. The molecule has 0 saturated carbocycles. The molecule has 0 fully saturated rings. The third-order valence-corrected chi connectivity index (χ3v) is 14.4. The SMILES string of the molecule is CCCCC/C=C\C/C=C\CCCCCCCCCC(=O)OCCCCCCCCCCCCCC/C=C\CCCCCCCCCCC(=O)NC(CO)C(O)CCCCCCCCCCCCCC. The van der Waals surface area contributed by atoms with Crippen molar-refractivity contribution in [2.45, 2.75) is 347 Å². The lowest BCUT2D eigenvalue weighted by Gasteiger charge is -2.22. The minimum atomic E-state index is -0.666. The fraction of sp³-hybridized carbons (Fsp3) is 0.875. The van der Waals surface area contributed by atoms with Crippen LogP contribution in [0.15, 0.2) is 36.5 Å². The molecule has 0 bridgehead atoms. The van der Waals surface area contributed by atoms with Crippen LogP contribution >= 0.6 is 0 Å². The minimum Gasteiger partial charge on any atom is -0.466 e. The molecule has 0 aliphatic carbocycles. The van der Waals surface area contributed by atoms with Gasteiger partial charge in [0.2, 0.25) is 5.91 Å². The summed E-state index contributed by atoms with van der Waals surface area (Å²) in [6.45, 7) is 4.93. The molecule has 0 aliphatic rings. The Morgan fingerprint density at radius 2 is 0.714 bits per heavy atom. The first kappa shape index (κ1) is 68.1. The highest BCUT2D eigenvalue weighted by Crippen LogP contribution is 2.17. The van der Waals surface area contributed by atoms with E-state index in [0.717, 1.165) is 51.4 Å². The van der Waals surface area contributed by atoms with Crippen LogP contribution in [0.4, 0.5) is 0 Å². The first-order chi connectivity index (χ1) is 34.5. The van der Waals surface area contributed by atoms with Gasteiger partial charge in [0.05, 0.1) is 25.4 Å². The Balaban J connectivity index is 3.39. The van der Waals surface area contributed by atoms with Gasteiger partial charge in [0.15, 0.2) is 0 Å².